The van der Waals surface area contributed by atoms with E-state index in [1.807, 2.05) is 20.8 Å². The number of carbonyl (C=O) groups is 1. The Bertz CT molecular complexity index is 830. The first-order valence-corrected chi connectivity index (χ1v) is 20.0. The maximum atomic E-state index is 12.6. The van der Waals surface area contributed by atoms with E-state index in [2.05, 4.69) is 0 Å². The largest absolute Gasteiger partial charge is 0.462 e. The summed E-state index contributed by atoms with van der Waals surface area (Å²) in [4.78, 5) is 12.6. The van der Waals surface area contributed by atoms with Gasteiger partial charge in [0.1, 0.15) is 6.10 Å². The summed E-state index contributed by atoms with van der Waals surface area (Å²) in [7, 11) is 0. The van der Waals surface area contributed by atoms with Crippen molar-refractivity contribution >= 4 is 5.97 Å². The Balaban J connectivity index is 2.67. The van der Waals surface area contributed by atoms with Crippen LogP contribution in [0.2, 0.25) is 0 Å². The van der Waals surface area contributed by atoms with Gasteiger partial charge in [0.15, 0.2) is 0 Å². The van der Waals surface area contributed by atoms with Gasteiger partial charge in [-0.15, -0.1) is 0 Å². The minimum absolute atomic E-state index is 0.0000848. The van der Waals surface area contributed by atoms with Crippen molar-refractivity contribution in [3.63, 3.8) is 0 Å². The molecule has 0 aromatic carbocycles. The van der Waals surface area contributed by atoms with Crippen molar-refractivity contribution in [3.05, 3.63) is 0 Å². The lowest BCUT2D eigenvalue weighted by Crippen LogP contribution is -2.31. The molecule has 1 saturated heterocycles. The highest BCUT2D eigenvalue weighted by atomic mass is 16.5. The molecular weight excluding hydrogens is 644 g/mol. The maximum absolute atomic E-state index is 12.6. The predicted molar refractivity (Wildman–Crippen MR) is 194 cm³/mol. The molecule has 0 radical (unpaired) electrons. The van der Waals surface area contributed by atoms with Gasteiger partial charge in [0.2, 0.25) is 0 Å². The van der Waals surface area contributed by atoms with E-state index in [-0.39, 0.29) is 75.3 Å². The summed E-state index contributed by atoms with van der Waals surface area (Å²) < 4.78 is 5.87. The number of hydrogen-bond donors (Lipinski definition) is 9. The Morgan fingerprint density at radius 1 is 0.440 bits per heavy atom. The Kier molecular flexibility index (Phi) is 26.1. The van der Waals surface area contributed by atoms with Gasteiger partial charge in [0, 0.05) is 6.42 Å². The fourth-order valence-electron chi connectivity index (χ4n) is 7.40. The standard InChI is InChI=1S/C39H76O11/c1-27(2)39-28(3)17-18-30(41)20-32(43)22-34(45)24-36(47)26-37(48)25-35(46)23-33(44)21-31(42)19-29(40)15-13-11-9-7-5-4-6-8-10-12-14-16-38(49)50-39/h27-37,39-48H,4-26H2,1-3H3/t28-,29+,30-,31-,32-,33-,34-,35-,36+,37+,39-/m0/s1. The van der Waals surface area contributed by atoms with E-state index in [1.165, 1.54) is 19.3 Å². The number of hydrogen-bond acceptors (Lipinski definition) is 11. The SMILES string of the molecule is CC(C)[C@@H]1OC(=O)CCCCCCCCCCCCC[C@@H](O)C[C@H](O)C[C@H](O)C[C@H](O)C[C@@H](O)C[C@H](O)C[C@@H](O)C[C@@H](O)C[C@@H](O)CC[C@@H]1C. The van der Waals surface area contributed by atoms with Gasteiger partial charge in [0.25, 0.3) is 0 Å². The predicted octanol–water partition coefficient (Wildman–Crippen LogP) is 4.42. The normalized spacial score (nSPS) is 37.1. The first kappa shape index (κ1) is 47.1. The first-order valence-electron chi connectivity index (χ1n) is 20.0. The van der Waals surface area contributed by atoms with Crippen LogP contribution in [0.3, 0.4) is 0 Å². The molecule has 1 heterocycles. The van der Waals surface area contributed by atoms with E-state index in [0.717, 1.165) is 51.4 Å². The summed E-state index contributed by atoms with van der Waals surface area (Å²) in [5.74, 6) is -0.0372. The fourth-order valence-corrected chi connectivity index (χ4v) is 7.40. The van der Waals surface area contributed by atoms with Gasteiger partial charge in [-0.2, -0.15) is 0 Å². The maximum Gasteiger partial charge on any atom is 0.306 e. The van der Waals surface area contributed by atoms with Crippen molar-refractivity contribution in [2.75, 3.05) is 0 Å². The van der Waals surface area contributed by atoms with Crippen LogP contribution in [0, 0.1) is 11.8 Å². The van der Waals surface area contributed by atoms with Gasteiger partial charge >= 0.3 is 5.97 Å². The Hall–Kier alpha value is -0.890. The second-order valence-corrected chi connectivity index (χ2v) is 16.0. The molecule has 11 heteroatoms. The summed E-state index contributed by atoms with van der Waals surface area (Å²) >= 11 is 0. The topological polar surface area (TPSA) is 208 Å². The Labute approximate surface area is 302 Å². The van der Waals surface area contributed by atoms with E-state index in [0.29, 0.717) is 25.7 Å². The van der Waals surface area contributed by atoms with Gasteiger partial charge < -0.3 is 50.7 Å². The van der Waals surface area contributed by atoms with Gasteiger partial charge in [-0.05, 0) is 88.9 Å². The molecule has 1 fully saturated rings. The second-order valence-electron chi connectivity index (χ2n) is 16.0. The summed E-state index contributed by atoms with van der Waals surface area (Å²) in [5.41, 5.74) is 0. The summed E-state index contributed by atoms with van der Waals surface area (Å²) in [6.45, 7) is 6.05. The van der Waals surface area contributed by atoms with Crippen molar-refractivity contribution in [3.8, 4) is 0 Å². The lowest BCUT2D eigenvalue weighted by molar-refractivity contribution is -0.154. The quantitative estimate of drug-likeness (QED) is 0.173. The van der Waals surface area contributed by atoms with Crippen LogP contribution in [-0.2, 0) is 9.53 Å². The van der Waals surface area contributed by atoms with Crippen LogP contribution in [0.5, 0.6) is 0 Å². The third-order valence-corrected chi connectivity index (χ3v) is 10.2. The third kappa shape index (κ3) is 24.4. The molecule has 0 bridgehead atoms. The van der Waals surface area contributed by atoms with Gasteiger partial charge in [-0.1, -0.05) is 85.0 Å². The zero-order valence-corrected chi connectivity index (χ0v) is 31.5. The van der Waals surface area contributed by atoms with E-state index < -0.39 is 54.9 Å². The number of carbonyl (C=O) groups excluding carboxylic acids is 1. The molecule has 0 aromatic rings. The molecule has 0 unspecified atom stereocenters. The molecule has 0 aromatic heterocycles. The van der Waals surface area contributed by atoms with Crippen LogP contribution in [0.1, 0.15) is 168 Å². The molecular formula is C39H76O11. The van der Waals surface area contributed by atoms with E-state index in [9.17, 15) is 50.8 Å². The molecule has 0 amide bonds. The minimum Gasteiger partial charge on any atom is -0.462 e. The molecule has 0 saturated carbocycles. The number of esters is 1. The highest BCUT2D eigenvalue weighted by Gasteiger charge is 2.27. The van der Waals surface area contributed by atoms with E-state index >= 15 is 0 Å². The second kappa shape index (κ2) is 27.7. The summed E-state index contributed by atoms with van der Waals surface area (Å²) in [6.07, 6.45) is 4.56. The molecule has 1 aliphatic rings. The average Bonchev–Trinajstić information content (AvgIpc) is 2.99. The molecule has 0 aliphatic carbocycles. The van der Waals surface area contributed by atoms with Crippen LogP contribution in [0.4, 0.5) is 0 Å². The Morgan fingerprint density at radius 2 is 0.740 bits per heavy atom. The molecule has 0 spiro atoms. The molecule has 298 valence electrons. The highest BCUT2D eigenvalue weighted by molar-refractivity contribution is 5.69. The zero-order chi connectivity index (χ0) is 37.5. The lowest BCUT2D eigenvalue weighted by atomic mass is 9.89. The lowest BCUT2D eigenvalue weighted by Gasteiger charge is -2.28. The van der Waals surface area contributed by atoms with Crippen molar-refractivity contribution in [1.29, 1.82) is 0 Å². The minimum atomic E-state index is -1.09. The van der Waals surface area contributed by atoms with Crippen LogP contribution in [0.25, 0.3) is 0 Å². The van der Waals surface area contributed by atoms with Gasteiger partial charge in [0.05, 0.1) is 54.9 Å². The van der Waals surface area contributed by atoms with Crippen LogP contribution >= 0.6 is 0 Å². The molecule has 1 aliphatic heterocycles. The van der Waals surface area contributed by atoms with Crippen molar-refractivity contribution in [1.82, 2.24) is 0 Å². The molecule has 9 N–H and O–H groups in total. The molecule has 50 heavy (non-hydrogen) atoms. The fraction of sp³-hybridized carbons (Fsp3) is 0.974. The number of aliphatic hydroxyl groups is 9. The van der Waals surface area contributed by atoms with Gasteiger partial charge in [-0.3, -0.25) is 4.79 Å². The summed E-state index contributed by atoms with van der Waals surface area (Å²) in [5, 5.41) is 93.6. The number of aliphatic hydroxyl groups excluding tert-OH is 9. The monoisotopic (exact) mass is 721 g/mol. The van der Waals surface area contributed by atoms with E-state index in [4.69, 9.17) is 4.74 Å². The third-order valence-electron chi connectivity index (χ3n) is 10.2. The molecule has 11 nitrogen and oxygen atoms in total. The van der Waals surface area contributed by atoms with Crippen molar-refractivity contribution < 1.29 is 55.5 Å². The van der Waals surface area contributed by atoms with E-state index in [1.54, 1.807) is 0 Å². The number of rotatable bonds is 1. The Morgan fingerprint density at radius 3 is 1.10 bits per heavy atom. The molecule has 11 atom stereocenters. The summed E-state index contributed by atoms with van der Waals surface area (Å²) in [6, 6.07) is 0. The van der Waals surface area contributed by atoms with Gasteiger partial charge in [-0.25, -0.2) is 0 Å². The first-order chi connectivity index (χ1) is 23.7. The average molecular weight is 721 g/mol. The smallest absolute Gasteiger partial charge is 0.306 e. The highest BCUT2D eigenvalue weighted by Crippen LogP contribution is 2.25. The number of ether oxygens (including phenoxy) is 1. The van der Waals surface area contributed by atoms with Crippen molar-refractivity contribution in [2.45, 2.75) is 229 Å². The molecule has 1 rings (SSSR count). The zero-order valence-electron chi connectivity index (χ0n) is 31.5. The van der Waals surface area contributed by atoms with Crippen LogP contribution in [-0.4, -0.2) is 113 Å². The van der Waals surface area contributed by atoms with Crippen molar-refractivity contribution in [2.24, 2.45) is 11.8 Å². The van der Waals surface area contributed by atoms with Crippen LogP contribution in [0.15, 0.2) is 0 Å². The number of cyclic esters (lactones) is 1. The van der Waals surface area contributed by atoms with Crippen LogP contribution < -0.4 is 0 Å².